The van der Waals surface area contributed by atoms with Gasteiger partial charge < -0.3 is 4.74 Å². The third-order valence-corrected chi connectivity index (χ3v) is 4.53. The molecule has 2 aromatic rings. The average molecular weight is 294 g/mol. The van der Waals surface area contributed by atoms with Crippen molar-refractivity contribution in [1.29, 1.82) is 0 Å². The zero-order valence-corrected chi connectivity index (χ0v) is 13.3. The van der Waals surface area contributed by atoms with Crippen molar-refractivity contribution in [2.75, 3.05) is 7.11 Å². The number of carbonyl (C=O) groups excluding carboxylic acids is 1. The Morgan fingerprint density at radius 1 is 1.18 bits per heavy atom. The lowest BCUT2D eigenvalue weighted by Gasteiger charge is -2.30. The van der Waals surface area contributed by atoms with Crippen LogP contribution in [-0.4, -0.2) is 12.9 Å². The van der Waals surface area contributed by atoms with E-state index >= 15 is 0 Å². The van der Waals surface area contributed by atoms with Crippen LogP contribution in [0.1, 0.15) is 43.2 Å². The van der Waals surface area contributed by atoms with Crippen molar-refractivity contribution >= 4 is 5.78 Å². The summed E-state index contributed by atoms with van der Waals surface area (Å²) in [7, 11) is 1.69. The molecule has 0 amide bonds. The summed E-state index contributed by atoms with van der Waals surface area (Å²) < 4.78 is 5.36. The lowest BCUT2D eigenvalue weighted by molar-refractivity contribution is -0.116. The number of benzene rings is 2. The molecule has 114 valence electrons. The number of Topliss-reactive ketones (excluding diaryl/α,β-unsaturated/α-hetero) is 1. The second-order valence-electron chi connectivity index (χ2n) is 6.12. The van der Waals surface area contributed by atoms with Crippen LogP contribution in [0.4, 0.5) is 0 Å². The molecule has 0 aliphatic heterocycles. The molecule has 2 nitrogen and oxygen atoms in total. The molecule has 0 bridgehead atoms. The number of carbonyl (C=O) groups is 1. The molecule has 0 N–H and O–H groups in total. The quantitative estimate of drug-likeness (QED) is 0.794. The van der Waals surface area contributed by atoms with E-state index in [1.165, 1.54) is 41.5 Å². The van der Waals surface area contributed by atoms with E-state index in [0.717, 1.165) is 5.75 Å². The summed E-state index contributed by atoms with van der Waals surface area (Å²) in [6.07, 6.45) is 4.28. The van der Waals surface area contributed by atoms with Crippen LogP contribution < -0.4 is 4.74 Å². The summed E-state index contributed by atoms with van der Waals surface area (Å²) >= 11 is 0. The first kappa shape index (κ1) is 14.8. The molecule has 0 radical (unpaired) electrons. The average Bonchev–Trinajstić information content (AvgIpc) is 2.46. The molecular formula is C20H22O2. The maximum absolute atomic E-state index is 11.6. The van der Waals surface area contributed by atoms with Crippen molar-refractivity contribution in [3.05, 3.63) is 53.6 Å². The lowest BCUT2D eigenvalue weighted by atomic mass is 9.74. The second-order valence-corrected chi connectivity index (χ2v) is 6.12. The summed E-state index contributed by atoms with van der Waals surface area (Å²) in [4.78, 5) is 11.6. The molecule has 1 fully saturated rings. The Labute approximate surface area is 132 Å². The number of ketones is 1. The highest BCUT2D eigenvalue weighted by atomic mass is 16.5. The van der Waals surface area contributed by atoms with Gasteiger partial charge >= 0.3 is 0 Å². The first-order valence-electron chi connectivity index (χ1n) is 7.94. The largest absolute Gasteiger partial charge is 0.497 e. The topological polar surface area (TPSA) is 26.3 Å². The molecule has 3 rings (SSSR count). The maximum Gasteiger partial charge on any atom is 0.134 e. The van der Waals surface area contributed by atoms with E-state index in [1.807, 2.05) is 12.1 Å². The Morgan fingerprint density at radius 3 is 2.59 bits per heavy atom. The van der Waals surface area contributed by atoms with E-state index in [1.54, 1.807) is 14.0 Å². The van der Waals surface area contributed by atoms with Gasteiger partial charge in [0.2, 0.25) is 0 Å². The fourth-order valence-corrected chi connectivity index (χ4v) is 3.26. The maximum atomic E-state index is 11.6. The molecule has 2 aromatic carbocycles. The Balaban J connectivity index is 2.11. The molecule has 0 unspecified atom stereocenters. The van der Waals surface area contributed by atoms with Gasteiger partial charge in [0.1, 0.15) is 11.5 Å². The second kappa shape index (κ2) is 6.35. The molecule has 1 saturated carbocycles. The Hall–Kier alpha value is -2.09. The van der Waals surface area contributed by atoms with Gasteiger partial charge in [-0.1, -0.05) is 36.8 Å². The number of hydrogen-bond acceptors (Lipinski definition) is 2. The number of rotatable bonds is 5. The summed E-state index contributed by atoms with van der Waals surface area (Å²) in [6, 6.07) is 14.5. The predicted molar refractivity (Wildman–Crippen MR) is 89.4 cm³/mol. The Morgan fingerprint density at radius 2 is 1.95 bits per heavy atom. The van der Waals surface area contributed by atoms with Crippen LogP contribution in [0.2, 0.25) is 0 Å². The Kier molecular flexibility index (Phi) is 4.28. The highest BCUT2D eigenvalue weighted by Crippen LogP contribution is 2.43. The SMILES string of the molecule is COc1cccc(-c2cccc(CC(C)=O)c2C2CCC2)c1. The first-order chi connectivity index (χ1) is 10.7. The molecule has 1 aliphatic carbocycles. The number of hydrogen-bond donors (Lipinski definition) is 0. The van der Waals surface area contributed by atoms with E-state index in [-0.39, 0.29) is 5.78 Å². The van der Waals surface area contributed by atoms with Crippen LogP contribution in [0.5, 0.6) is 5.75 Å². The molecular weight excluding hydrogens is 272 g/mol. The van der Waals surface area contributed by atoms with Crippen LogP contribution in [0, 0.1) is 0 Å². The normalized spacial score (nSPS) is 14.5. The molecule has 22 heavy (non-hydrogen) atoms. The van der Waals surface area contributed by atoms with E-state index < -0.39 is 0 Å². The van der Waals surface area contributed by atoms with Crippen LogP contribution in [0.15, 0.2) is 42.5 Å². The van der Waals surface area contributed by atoms with Gasteiger partial charge in [-0.25, -0.2) is 0 Å². The predicted octanol–water partition coefficient (Wildman–Crippen LogP) is 4.76. The summed E-state index contributed by atoms with van der Waals surface area (Å²) in [5.74, 6) is 1.69. The van der Waals surface area contributed by atoms with Gasteiger partial charge in [0.25, 0.3) is 0 Å². The van der Waals surface area contributed by atoms with Crippen molar-refractivity contribution in [2.24, 2.45) is 0 Å². The zero-order valence-electron chi connectivity index (χ0n) is 13.3. The van der Waals surface area contributed by atoms with E-state index in [2.05, 4.69) is 30.3 Å². The van der Waals surface area contributed by atoms with Gasteiger partial charge in [-0.15, -0.1) is 0 Å². The fourth-order valence-electron chi connectivity index (χ4n) is 3.26. The molecule has 0 spiro atoms. The van der Waals surface area contributed by atoms with Crippen molar-refractivity contribution in [1.82, 2.24) is 0 Å². The van der Waals surface area contributed by atoms with E-state index in [9.17, 15) is 4.79 Å². The van der Waals surface area contributed by atoms with Gasteiger partial charge in [0.05, 0.1) is 7.11 Å². The van der Waals surface area contributed by atoms with Crippen molar-refractivity contribution in [3.8, 4) is 16.9 Å². The van der Waals surface area contributed by atoms with Crippen LogP contribution >= 0.6 is 0 Å². The number of methoxy groups -OCH3 is 1. The minimum atomic E-state index is 0.225. The van der Waals surface area contributed by atoms with Crippen LogP contribution in [-0.2, 0) is 11.2 Å². The number of ether oxygens (including phenoxy) is 1. The minimum Gasteiger partial charge on any atom is -0.497 e. The van der Waals surface area contributed by atoms with Gasteiger partial charge in [-0.05, 0) is 60.1 Å². The lowest BCUT2D eigenvalue weighted by Crippen LogP contribution is -2.14. The fraction of sp³-hybridized carbons (Fsp3) is 0.350. The molecule has 0 atom stereocenters. The molecule has 0 heterocycles. The summed E-state index contributed by atoms with van der Waals surface area (Å²) in [5.41, 5.74) is 4.99. The third-order valence-electron chi connectivity index (χ3n) is 4.53. The van der Waals surface area contributed by atoms with E-state index in [0.29, 0.717) is 12.3 Å². The van der Waals surface area contributed by atoms with Crippen molar-refractivity contribution < 1.29 is 9.53 Å². The molecule has 1 aliphatic rings. The smallest absolute Gasteiger partial charge is 0.134 e. The minimum absolute atomic E-state index is 0.225. The van der Waals surface area contributed by atoms with Crippen molar-refractivity contribution in [2.45, 2.75) is 38.5 Å². The standard InChI is InChI=1S/C20H22O2/c1-14(21)12-17-9-5-11-19(20(17)15-6-3-7-15)16-8-4-10-18(13-16)22-2/h4-5,8-11,13,15H,3,6-7,12H2,1-2H3. The zero-order chi connectivity index (χ0) is 15.5. The highest BCUT2D eigenvalue weighted by molar-refractivity contribution is 5.80. The van der Waals surface area contributed by atoms with Gasteiger partial charge in [0, 0.05) is 6.42 Å². The van der Waals surface area contributed by atoms with Gasteiger partial charge in [-0.3, -0.25) is 4.79 Å². The molecule has 2 heteroatoms. The van der Waals surface area contributed by atoms with E-state index in [4.69, 9.17) is 4.74 Å². The molecule has 0 saturated heterocycles. The Bertz CT molecular complexity index is 684. The van der Waals surface area contributed by atoms with Crippen LogP contribution in [0.25, 0.3) is 11.1 Å². The molecule has 0 aromatic heterocycles. The monoisotopic (exact) mass is 294 g/mol. The first-order valence-corrected chi connectivity index (χ1v) is 7.94. The van der Waals surface area contributed by atoms with Crippen LogP contribution in [0.3, 0.4) is 0 Å². The van der Waals surface area contributed by atoms with Gasteiger partial charge in [0.15, 0.2) is 0 Å². The summed E-state index contributed by atoms with van der Waals surface area (Å²) in [5, 5.41) is 0. The van der Waals surface area contributed by atoms with Gasteiger partial charge in [-0.2, -0.15) is 0 Å². The summed E-state index contributed by atoms with van der Waals surface area (Å²) in [6.45, 7) is 1.67. The van der Waals surface area contributed by atoms with Crippen molar-refractivity contribution in [3.63, 3.8) is 0 Å². The third kappa shape index (κ3) is 2.92. The highest BCUT2D eigenvalue weighted by Gasteiger charge is 2.25.